The number of nitrogens with zero attached hydrogens (tertiary/aromatic N) is 1. The lowest BCUT2D eigenvalue weighted by Gasteiger charge is -2.04. The van der Waals surface area contributed by atoms with E-state index in [4.69, 9.17) is 11.6 Å². The average molecular weight is 148 g/mol. The molecule has 0 unspecified atom stereocenters. The van der Waals surface area contributed by atoms with Crippen LogP contribution in [0.15, 0.2) is 11.8 Å². The summed E-state index contributed by atoms with van der Waals surface area (Å²) in [6.07, 6.45) is 1.68. The monoisotopic (exact) mass is 147 g/mol. The predicted molar refractivity (Wildman–Crippen MR) is 38.3 cm³/mol. The standard InChI is InChI=1S/C6H10ClNO/c1-5(6(7)9)4-8(2)3/h4H,1-3H3. The molecule has 2 nitrogen and oxygen atoms in total. The molecule has 0 fully saturated rings. The van der Waals surface area contributed by atoms with Crippen LogP contribution in [0.3, 0.4) is 0 Å². The zero-order valence-electron chi connectivity index (χ0n) is 5.81. The molecule has 0 saturated carbocycles. The molecule has 0 aliphatic heterocycles. The fourth-order valence-corrected chi connectivity index (χ4v) is 0.487. The summed E-state index contributed by atoms with van der Waals surface area (Å²) in [5.41, 5.74) is 0.557. The molecular formula is C6H10ClNO. The Morgan fingerprint density at radius 1 is 1.56 bits per heavy atom. The van der Waals surface area contributed by atoms with Crippen LogP contribution in [0.1, 0.15) is 6.92 Å². The van der Waals surface area contributed by atoms with E-state index in [0.717, 1.165) is 0 Å². The van der Waals surface area contributed by atoms with E-state index < -0.39 is 5.24 Å². The van der Waals surface area contributed by atoms with Gasteiger partial charge in [0.05, 0.1) is 0 Å². The van der Waals surface area contributed by atoms with Gasteiger partial charge in [-0.1, -0.05) is 0 Å². The second kappa shape index (κ2) is 3.51. The number of halogens is 1. The summed E-state index contributed by atoms with van der Waals surface area (Å²) >= 11 is 5.14. The van der Waals surface area contributed by atoms with E-state index in [1.807, 2.05) is 14.1 Å². The Balaban J connectivity index is 4.00. The first-order chi connectivity index (χ1) is 4.04. The van der Waals surface area contributed by atoms with Crippen molar-refractivity contribution in [2.45, 2.75) is 6.92 Å². The molecule has 9 heavy (non-hydrogen) atoms. The van der Waals surface area contributed by atoms with Gasteiger partial charge in [0.1, 0.15) is 0 Å². The predicted octanol–water partition coefficient (Wildman–Crippen LogP) is 1.22. The molecule has 3 heteroatoms. The van der Waals surface area contributed by atoms with E-state index in [9.17, 15) is 4.79 Å². The summed E-state index contributed by atoms with van der Waals surface area (Å²) in [5.74, 6) is 0. The van der Waals surface area contributed by atoms with Crippen LogP contribution < -0.4 is 0 Å². The van der Waals surface area contributed by atoms with E-state index in [0.29, 0.717) is 5.57 Å². The maximum atomic E-state index is 10.3. The van der Waals surface area contributed by atoms with Gasteiger partial charge in [0, 0.05) is 25.9 Å². The lowest BCUT2D eigenvalue weighted by molar-refractivity contribution is -0.108. The second-order valence-corrected chi connectivity index (χ2v) is 2.39. The van der Waals surface area contributed by atoms with E-state index >= 15 is 0 Å². The molecule has 0 bridgehead atoms. The maximum absolute atomic E-state index is 10.3. The van der Waals surface area contributed by atoms with E-state index in [1.54, 1.807) is 18.0 Å². The molecule has 0 radical (unpaired) electrons. The molecule has 0 spiro atoms. The van der Waals surface area contributed by atoms with Crippen LogP contribution in [-0.4, -0.2) is 24.2 Å². The molecule has 0 atom stereocenters. The van der Waals surface area contributed by atoms with Gasteiger partial charge in [-0.15, -0.1) is 0 Å². The molecule has 0 heterocycles. The number of carbonyl (C=O) groups is 1. The number of allylic oxidation sites excluding steroid dienone is 1. The van der Waals surface area contributed by atoms with Crippen molar-refractivity contribution in [2.24, 2.45) is 0 Å². The van der Waals surface area contributed by atoms with Crippen LogP contribution in [0.4, 0.5) is 0 Å². The molecule has 0 aliphatic carbocycles. The van der Waals surface area contributed by atoms with Gasteiger partial charge in [-0.25, -0.2) is 0 Å². The van der Waals surface area contributed by atoms with Gasteiger partial charge in [0.2, 0.25) is 5.24 Å². The minimum atomic E-state index is -0.399. The van der Waals surface area contributed by atoms with Crippen molar-refractivity contribution in [2.75, 3.05) is 14.1 Å². The normalized spacial score (nSPS) is 11.3. The molecular weight excluding hydrogens is 138 g/mol. The number of hydrogen-bond donors (Lipinski definition) is 0. The highest BCUT2D eigenvalue weighted by atomic mass is 35.5. The average Bonchev–Trinajstić information content (AvgIpc) is 1.63. The highest BCUT2D eigenvalue weighted by Gasteiger charge is 1.96. The van der Waals surface area contributed by atoms with Gasteiger partial charge < -0.3 is 4.90 Å². The summed E-state index contributed by atoms with van der Waals surface area (Å²) in [6.45, 7) is 1.68. The summed E-state index contributed by atoms with van der Waals surface area (Å²) < 4.78 is 0. The fourth-order valence-electron chi connectivity index (χ4n) is 0.438. The Bertz CT molecular complexity index is 140. The second-order valence-electron chi connectivity index (χ2n) is 2.05. The summed E-state index contributed by atoms with van der Waals surface area (Å²) in [6, 6.07) is 0. The van der Waals surface area contributed by atoms with Gasteiger partial charge >= 0.3 is 0 Å². The molecule has 52 valence electrons. The number of carbonyl (C=O) groups excluding carboxylic acids is 1. The Morgan fingerprint density at radius 2 is 2.00 bits per heavy atom. The summed E-state index contributed by atoms with van der Waals surface area (Å²) in [5, 5.41) is -0.399. The summed E-state index contributed by atoms with van der Waals surface area (Å²) in [7, 11) is 3.67. The minimum absolute atomic E-state index is 0.399. The lowest BCUT2D eigenvalue weighted by Crippen LogP contribution is -2.03. The van der Waals surface area contributed by atoms with Crippen molar-refractivity contribution in [3.8, 4) is 0 Å². The van der Waals surface area contributed by atoms with Crippen molar-refractivity contribution >= 4 is 16.8 Å². The van der Waals surface area contributed by atoms with Crippen LogP contribution in [0, 0.1) is 0 Å². The van der Waals surface area contributed by atoms with E-state index in [-0.39, 0.29) is 0 Å². The topological polar surface area (TPSA) is 20.3 Å². The Morgan fingerprint density at radius 3 is 2.11 bits per heavy atom. The molecule has 0 aromatic carbocycles. The molecule has 0 N–H and O–H groups in total. The first-order valence-corrected chi connectivity index (χ1v) is 2.96. The van der Waals surface area contributed by atoms with E-state index in [1.165, 1.54) is 0 Å². The molecule has 0 aromatic rings. The molecule has 0 aromatic heterocycles. The molecule has 0 aliphatic rings. The van der Waals surface area contributed by atoms with Crippen molar-refractivity contribution in [1.82, 2.24) is 4.90 Å². The van der Waals surface area contributed by atoms with Crippen molar-refractivity contribution < 1.29 is 4.79 Å². The van der Waals surface area contributed by atoms with Crippen molar-refractivity contribution in [3.05, 3.63) is 11.8 Å². The van der Waals surface area contributed by atoms with Crippen molar-refractivity contribution in [1.29, 1.82) is 0 Å². The summed E-state index contributed by atoms with van der Waals surface area (Å²) in [4.78, 5) is 12.1. The van der Waals surface area contributed by atoms with Crippen LogP contribution in [0.25, 0.3) is 0 Å². The van der Waals surface area contributed by atoms with Crippen LogP contribution in [0.2, 0.25) is 0 Å². The highest BCUT2D eigenvalue weighted by Crippen LogP contribution is 1.98. The Hall–Kier alpha value is -0.500. The first-order valence-electron chi connectivity index (χ1n) is 2.58. The molecule has 0 rings (SSSR count). The smallest absolute Gasteiger partial charge is 0.249 e. The van der Waals surface area contributed by atoms with Crippen LogP contribution >= 0.6 is 11.6 Å². The minimum Gasteiger partial charge on any atom is -0.383 e. The van der Waals surface area contributed by atoms with Crippen LogP contribution in [-0.2, 0) is 4.79 Å². The largest absolute Gasteiger partial charge is 0.383 e. The SMILES string of the molecule is CC(=CN(C)C)C(=O)Cl. The number of hydrogen-bond acceptors (Lipinski definition) is 2. The van der Waals surface area contributed by atoms with Gasteiger partial charge in [-0.05, 0) is 18.5 Å². The van der Waals surface area contributed by atoms with Gasteiger partial charge in [0.15, 0.2) is 0 Å². The highest BCUT2D eigenvalue weighted by molar-refractivity contribution is 6.67. The lowest BCUT2D eigenvalue weighted by atomic mass is 10.4. The zero-order chi connectivity index (χ0) is 7.44. The third-order valence-corrected chi connectivity index (χ3v) is 1.06. The Labute approximate surface area is 60.1 Å². The third-order valence-electron chi connectivity index (χ3n) is 0.762. The Kier molecular flexibility index (Phi) is 3.32. The van der Waals surface area contributed by atoms with E-state index in [2.05, 4.69) is 0 Å². The van der Waals surface area contributed by atoms with Gasteiger partial charge in [0.25, 0.3) is 0 Å². The first kappa shape index (κ1) is 8.50. The van der Waals surface area contributed by atoms with Crippen molar-refractivity contribution in [3.63, 3.8) is 0 Å². The maximum Gasteiger partial charge on any atom is 0.249 e. The van der Waals surface area contributed by atoms with Gasteiger partial charge in [-0.3, -0.25) is 4.79 Å². The van der Waals surface area contributed by atoms with Gasteiger partial charge in [-0.2, -0.15) is 0 Å². The molecule has 0 saturated heterocycles. The van der Waals surface area contributed by atoms with Crippen LogP contribution in [0.5, 0.6) is 0 Å². The number of rotatable bonds is 2. The fraction of sp³-hybridized carbons (Fsp3) is 0.500. The quantitative estimate of drug-likeness (QED) is 0.433. The molecule has 0 amide bonds. The third kappa shape index (κ3) is 4.03. The zero-order valence-corrected chi connectivity index (χ0v) is 6.57.